The van der Waals surface area contributed by atoms with Crippen LogP contribution in [0.1, 0.15) is 12.8 Å². The summed E-state index contributed by atoms with van der Waals surface area (Å²) in [6.45, 7) is 0.681. The van der Waals surface area contributed by atoms with Crippen LogP contribution in [0.2, 0.25) is 0 Å². The molecule has 72 valence electrons. The minimum absolute atomic E-state index is 0. The second kappa shape index (κ2) is 5.35. The number of nitrogens with one attached hydrogen (secondary N) is 1. The van der Waals surface area contributed by atoms with Crippen molar-refractivity contribution in [3.05, 3.63) is 0 Å². The number of piperidine rings is 1. The van der Waals surface area contributed by atoms with E-state index in [0.29, 0.717) is 19.4 Å². The van der Waals surface area contributed by atoms with Crippen LogP contribution in [0.25, 0.3) is 0 Å². The number of aliphatic hydroxyl groups is 1. The van der Waals surface area contributed by atoms with E-state index >= 15 is 0 Å². The Hall–Kier alpha value is -0.320. The molecule has 1 aliphatic rings. The molecule has 1 aliphatic heterocycles. The molecule has 0 unspecified atom stereocenters. The zero-order valence-corrected chi connectivity index (χ0v) is 7.76. The zero-order valence-electron chi connectivity index (χ0n) is 6.95. The van der Waals surface area contributed by atoms with Gasteiger partial charge in [0.2, 0.25) is 0 Å². The Bertz CT molecular complexity index is 154. The van der Waals surface area contributed by atoms with Crippen molar-refractivity contribution in [1.29, 1.82) is 0 Å². The quantitative estimate of drug-likeness (QED) is 0.564. The number of rotatable bonds is 1. The lowest BCUT2D eigenvalue weighted by atomic mass is 10.0. The van der Waals surface area contributed by atoms with Crippen LogP contribution in [0, 0.1) is 0 Å². The number of carbonyl (C=O) groups is 1. The van der Waals surface area contributed by atoms with Gasteiger partial charge in [-0.15, -0.1) is 12.4 Å². The van der Waals surface area contributed by atoms with E-state index in [1.165, 1.54) is 7.11 Å². The van der Waals surface area contributed by atoms with Gasteiger partial charge in [-0.2, -0.15) is 0 Å². The summed E-state index contributed by atoms with van der Waals surface area (Å²) in [6, 6.07) is -0.316. The number of esters is 1. The average molecular weight is 196 g/mol. The Balaban J connectivity index is 0.00000121. The molecule has 0 radical (unpaired) electrons. The van der Waals surface area contributed by atoms with E-state index in [2.05, 4.69) is 10.1 Å². The van der Waals surface area contributed by atoms with Gasteiger partial charge in [-0.3, -0.25) is 4.79 Å². The van der Waals surface area contributed by atoms with Crippen molar-refractivity contribution in [1.82, 2.24) is 5.32 Å². The summed E-state index contributed by atoms with van der Waals surface area (Å²) >= 11 is 0. The lowest BCUT2D eigenvalue weighted by Crippen LogP contribution is -2.45. The smallest absolute Gasteiger partial charge is 0.322 e. The molecule has 0 amide bonds. The van der Waals surface area contributed by atoms with Gasteiger partial charge in [-0.1, -0.05) is 0 Å². The van der Waals surface area contributed by atoms with Crippen LogP contribution in [-0.4, -0.2) is 36.9 Å². The SMILES string of the molecule is COC(=O)[C@H]1C[C@@H](O)CCN1.Cl. The second-order valence-corrected chi connectivity index (χ2v) is 2.71. The molecule has 0 aromatic heterocycles. The van der Waals surface area contributed by atoms with Crippen LogP contribution < -0.4 is 5.32 Å². The van der Waals surface area contributed by atoms with Gasteiger partial charge in [0, 0.05) is 0 Å². The molecule has 0 aliphatic carbocycles. The van der Waals surface area contributed by atoms with E-state index in [9.17, 15) is 9.90 Å². The molecule has 1 rings (SSSR count). The van der Waals surface area contributed by atoms with Crippen molar-refractivity contribution >= 4 is 18.4 Å². The monoisotopic (exact) mass is 195 g/mol. The molecule has 0 aromatic rings. The highest BCUT2D eigenvalue weighted by atomic mass is 35.5. The first-order valence-electron chi connectivity index (χ1n) is 3.73. The summed E-state index contributed by atoms with van der Waals surface area (Å²) in [5, 5.41) is 12.1. The van der Waals surface area contributed by atoms with Gasteiger partial charge in [-0.25, -0.2) is 0 Å². The van der Waals surface area contributed by atoms with Crippen LogP contribution in [0.5, 0.6) is 0 Å². The second-order valence-electron chi connectivity index (χ2n) is 2.71. The Morgan fingerprint density at radius 2 is 2.33 bits per heavy atom. The summed E-state index contributed by atoms with van der Waals surface area (Å²) in [4.78, 5) is 10.9. The van der Waals surface area contributed by atoms with E-state index in [1.54, 1.807) is 0 Å². The van der Waals surface area contributed by atoms with Crippen LogP contribution in [-0.2, 0) is 9.53 Å². The van der Waals surface area contributed by atoms with Crippen molar-refractivity contribution in [2.75, 3.05) is 13.7 Å². The number of hydrogen-bond donors (Lipinski definition) is 2. The minimum atomic E-state index is -0.361. The molecule has 0 saturated carbocycles. The van der Waals surface area contributed by atoms with Gasteiger partial charge in [0.1, 0.15) is 6.04 Å². The van der Waals surface area contributed by atoms with E-state index < -0.39 is 0 Å². The van der Waals surface area contributed by atoms with Crippen molar-refractivity contribution in [3.63, 3.8) is 0 Å². The van der Waals surface area contributed by atoms with E-state index in [1.807, 2.05) is 0 Å². The standard InChI is InChI=1S/C7H13NO3.ClH/c1-11-7(10)6-4-5(9)2-3-8-6;/h5-6,8-9H,2-4H2,1H3;1H/t5-,6+;/m0./s1. The predicted octanol–water partition coefficient (Wildman–Crippen LogP) is -0.306. The van der Waals surface area contributed by atoms with E-state index in [4.69, 9.17) is 0 Å². The molecule has 12 heavy (non-hydrogen) atoms. The lowest BCUT2D eigenvalue weighted by molar-refractivity contribution is -0.144. The highest BCUT2D eigenvalue weighted by Gasteiger charge is 2.25. The first-order chi connectivity index (χ1) is 5.24. The molecule has 2 atom stereocenters. The summed E-state index contributed by atoms with van der Waals surface area (Å²) in [6.07, 6.45) is 0.820. The molecule has 1 heterocycles. The Labute approximate surface area is 77.7 Å². The number of methoxy groups -OCH3 is 1. The predicted molar refractivity (Wildman–Crippen MR) is 46.3 cm³/mol. The van der Waals surface area contributed by atoms with E-state index in [-0.39, 0.29) is 30.5 Å². The maximum absolute atomic E-state index is 10.9. The van der Waals surface area contributed by atoms with Crippen LogP contribution >= 0.6 is 12.4 Å². The van der Waals surface area contributed by atoms with Crippen molar-refractivity contribution < 1.29 is 14.6 Å². The van der Waals surface area contributed by atoms with Crippen molar-refractivity contribution in [2.45, 2.75) is 25.0 Å². The Morgan fingerprint density at radius 3 is 2.83 bits per heavy atom. The van der Waals surface area contributed by atoms with Gasteiger partial charge in [0.15, 0.2) is 0 Å². The number of aliphatic hydroxyl groups excluding tert-OH is 1. The molecule has 0 aromatic carbocycles. The largest absolute Gasteiger partial charge is 0.468 e. The maximum atomic E-state index is 10.9. The summed E-state index contributed by atoms with van der Waals surface area (Å²) in [5.41, 5.74) is 0. The molecule has 1 saturated heterocycles. The molecule has 2 N–H and O–H groups in total. The third kappa shape index (κ3) is 2.97. The van der Waals surface area contributed by atoms with E-state index in [0.717, 1.165) is 0 Å². The van der Waals surface area contributed by atoms with Gasteiger partial charge in [-0.05, 0) is 19.4 Å². The first-order valence-corrected chi connectivity index (χ1v) is 3.73. The summed E-state index contributed by atoms with van der Waals surface area (Å²) in [5.74, 6) is -0.288. The minimum Gasteiger partial charge on any atom is -0.468 e. The van der Waals surface area contributed by atoms with Crippen LogP contribution in [0.15, 0.2) is 0 Å². The zero-order chi connectivity index (χ0) is 8.27. The fourth-order valence-corrected chi connectivity index (χ4v) is 1.22. The maximum Gasteiger partial charge on any atom is 0.322 e. The number of ether oxygens (including phenoxy) is 1. The number of carbonyl (C=O) groups excluding carboxylic acids is 1. The molecular formula is C7H14ClNO3. The van der Waals surface area contributed by atoms with Gasteiger partial charge in [0.05, 0.1) is 13.2 Å². The van der Waals surface area contributed by atoms with Gasteiger partial charge < -0.3 is 15.2 Å². The third-order valence-electron chi connectivity index (χ3n) is 1.86. The third-order valence-corrected chi connectivity index (χ3v) is 1.86. The molecule has 1 fully saturated rings. The molecule has 0 spiro atoms. The normalized spacial score (nSPS) is 28.8. The van der Waals surface area contributed by atoms with Crippen molar-refractivity contribution in [3.8, 4) is 0 Å². The van der Waals surface area contributed by atoms with Gasteiger partial charge in [0.25, 0.3) is 0 Å². The Morgan fingerprint density at radius 1 is 1.67 bits per heavy atom. The number of halogens is 1. The number of hydrogen-bond acceptors (Lipinski definition) is 4. The highest BCUT2D eigenvalue weighted by molar-refractivity contribution is 5.85. The fraction of sp³-hybridized carbons (Fsp3) is 0.857. The van der Waals surface area contributed by atoms with Gasteiger partial charge >= 0.3 is 5.97 Å². The summed E-state index contributed by atoms with van der Waals surface area (Å²) < 4.78 is 4.53. The molecule has 0 bridgehead atoms. The topological polar surface area (TPSA) is 58.6 Å². The summed E-state index contributed by atoms with van der Waals surface area (Å²) in [7, 11) is 1.35. The first kappa shape index (κ1) is 11.7. The lowest BCUT2D eigenvalue weighted by Gasteiger charge is -2.24. The van der Waals surface area contributed by atoms with Crippen LogP contribution in [0.4, 0.5) is 0 Å². The molecular weight excluding hydrogens is 182 g/mol. The molecule has 5 heteroatoms. The molecule has 4 nitrogen and oxygen atoms in total. The fourth-order valence-electron chi connectivity index (χ4n) is 1.22. The average Bonchev–Trinajstić information content (AvgIpc) is 2.03. The van der Waals surface area contributed by atoms with Crippen molar-refractivity contribution in [2.24, 2.45) is 0 Å². The highest BCUT2D eigenvalue weighted by Crippen LogP contribution is 2.08. The van der Waals surface area contributed by atoms with Crippen LogP contribution in [0.3, 0.4) is 0 Å². The Kier molecular flexibility index (Phi) is 5.20.